The van der Waals surface area contributed by atoms with Gasteiger partial charge in [-0.05, 0) is 74.9 Å². The van der Waals surface area contributed by atoms with Crippen LogP contribution < -0.4 is 24.3 Å². The summed E-state index contributed by atoms with van der Waals surface area (Å²) in [6, 6.07) is 11.4. The minimum absolute atomic E-state index is 0.0221. The van der Waals surface area contributed by atoms with Crippen LogP contribution in [0.4, 0.5) is 0 Å². The van der Waals surface area contributed by atoms with Gasteiger partial charge >= 0.3 is 5.97 Å². The van der Waals surface area contributed by atoms with Crippen molar-refractivity contribution < 1.29 is 33.3 Å². The van der Waals surface area contributed by atoms with E-state index in [1.165, 1.54) is 0 Å². The van der Waals surface area contributed by atoms with Crippen molar-refractivity contribution in [3.63, 3.8) is 0 Å². The molecule has 0 saturated carbocycles. The highest BCUT2D eigenvalue weighted by Gasteiger charge is 2.42. The highest BCUT2D eigenvalue weighted by Crippen LogP contribution is 2.47. The van der Waals surface area contributed by atoms with Gasteiger partial charge in [0.15, 0.2) is 28.8 Å². The second-order valence-corrected chi connectivity index (χ2v) is 10.3. The Bertz CT molecular complexity index is 1340. The van der Waals surface area contributed by atoms with Crippen molar-refractivity contribution in [2.45, 2.75) is 64.9 Å². The third-order valence-electron chi connectivity index (χ3n) is 7.25. The van der Waals surface area contributed by atoms with Gasteiger partial charge in [0.25, 0.3) is 0 Å². The number of carbonyl (C=O) groups is 2. The molecule has 8 heteroatoms. The molecule has 0 saturated heterocycles. The number of allylic oxidation sites excluding steroid dienone is 3. The Morgan fingerprint density at radius 1 is 0.925 bits per heavy atom. The quantitative estimate of drug-likeness (QED) is 0.371. The van der Waals surface area contributed by atoms with Crippen LogP contribution in [0, 0.1) is 0 Å². The van der Waals surface area contributed by atoms with E-state index >= 15 is 0 Å². The van der Waals surface area contributed by atoms with Gasteiger partial charge in [0.2, 0.25) is 0 Å². The van der Waals surface area contributed by atoms with Gasteiger partial charge in [-0.1, -0.05) is 19.1 Å². The van der Waals surface area contributed by atoms with Gasteiger partial charge in [0, 0.05) is 29.3 Å². The van der Waals surface area contributed by atoms with Crippen molar-refractivity contribution in [3.8, 4) is 23.0 Å². The average molecular weight is 550 g/mol. The van der Waals surface area contributed by atoms with Crippen molar-refractivity contribution in [1.29, 1.82) is 0 Å². The predicted molar refractivity (Wildman–Crippen MR) is 152 cm³/mol. The predicted octanol–water partition coefficient (Wildman–Crippen LogP) is 5.81. The Labute approximate surface area is 236 Å². The molecule has 1 aliphatic carbocycles. The van der Waals surface area contributed by atoms with Crippen LogP contribution in [-0.4, -0.2) is 45.8 Å². The summed E-state index contributed by atoms with van der Waals surface area (Å²) < 4.78 is 28.0. The highest BCUT2D eigenvalue weighted by molar-refractivity contribution is 6.04. The van der Waals surface area contributed by atoms with Crippen LogP contribution >= 0.6 is 0 Å². The molecule has 2 aliphatic rings. The number of ether oxygens (including phenoxy) is 5. The van der Waals surface area contributed by atoms with E-state index in [1.54, 1.807) is 21.3 Å². The summed E-state index contributed by atoms with van der Waals surface area (Å²) in [4.78, 5) is 27.4. The summed E-state index contributed by atoms with van der Waals surface area (Å²) in [5.41, 5.74) is 4.24. The number of esters is 1. The van der Waals surface area contributed by atoms with Crippen LogP contribution in [0.1, 0.15) is 69.9 Å². The van der Waals surface area contributed by atoms with Gasteiger partial charge in [-0.15, -0.1) is 0 Å². The molecule has 8 nitrogen and oxygen atoms in total. The van der Waals surface area contributed by atoms with E-state index in [0.29, 0.717) is 59.3 Å². The second-order valence-electron chi connectivity index (χ2n) is 10.3. The average Bonchev–Trinajstić information content (AvgIpc) is 2.94. The Kier molecular flexibility index (Phi) is 9.07. The summed E-state index contributed by atoms with van der Waals surface area (Å²) >= 11 is 0. The van der Waals surface area contributed by atoms with Gasteiger partial charge in [-0.25, -0.2) is 4.79 Å². The fourth-order valence-corrected chi connectivity index (χ4v) is 5.46. The maximum Gasteiger partial charge on any atom is 0.337 e. The van der Waals surface area contributed by atoms with E-state index in [9.17, 15) is 9.59 Å². The lowest BCUT2D eigenvalue weighted by Gasteiger charge is -2.37. The fraction of sp³-hybridized carbons (Fsp3) is 0.438. The van der Waals surface area contributed by atoms with Gasteiger partial charge in [-0.2, -0.15) is 0 Å². The maximum atomic E-state index is 13.9. The number of benzene rings is 2. The zero-order valence-electron chi connectivity index (χ0n) is 24.4. The van der Waals surface area contributed by atoms with Crippen LogP contribution in [0.2, 0.25) is 0 Å². The molecule has 40 heavy (non-hydrogen) atoms. The molecular formula is C32H39NO7. The number of carbonyl (C=O) groups excluding carboxylic acids is 2. The van der Waals surface area contributed by atoms with Crippen molar-refractivity contribution in [1.82, 2.24) is 5.32 Å². The molecular weight excluding hydrogens is 510 g/mol. The largest absolute Gasteiger partial charge is 0.493 e. The number of hydrogen-bond donors (Lipinski definition) is 1. The van der Waals surface area contributed by atoms with E-state index in [4.69, 9.17) is 23.7 Å². The van der Waals surface area contributed by atoms with E-state index in [-0.39, 0.29) is 17.8 Å². The Balaban J connectivity index is 1.79. The number of hydrogen-bond acceptors (Lipinski definition) is 8. The molecule has 2 aromatic rings. The van der Waals surface area contributed by atoms with Crippen molar-refractivity contribution in [2.75, 3.05) is 27.9 Å². The van der Waals surface area contributed by atoms with Gasteiger partial charge in [0.1, 0.15) is 0 Å². The third-order valence-corrected chi connectivity index (χ3v) is 7.25. The van der Waals surface area contributed by atoms with Crippen LogP contribution in [0.25, 0.3) is 0 Å². The molecule has 0 fully saturated rings. The minimum atomic E-state index is -0.601. The summed E-state index contributed by atoms with van der Waals surface area (Å²) in [6.07, 6.45) is 1.45. The molecule has 214 valence electrons. The lowest BCUT2D eigenvalue weighted by molar-refractivity contribution is -0.143. The van der Waals surface area contributed by atoms with Crippen LogP contribution in [0.15, 0.2) is 58.9 Å². The number of methoxy groups -OCH3 is 3. The Hall–Kier alpha value is -3.94. The molecule has 1 aliphatic heterocycles. The zero-order valence-corrected chi connectivity index (χ0v) is 24.4. The molecule has 0 aromatic heterocycles. The zero-order chi connectivity index (χ0) is 29.0. The van der Waals surface area contributed by atoms with Gasteiger partial charge in [-0.3, -0.25) is 4.79 Å². The number of ketones is 1. The van der Waals surface area contributed by atoms with E-state index in [1.807, 2.05) is 64.1 Å². The SMILES string of the molecule is CCCOc1ccc([C@@H]2C(C(=O)OC(C)C)=C(C)NC3=C2C(=O)C[C@H](c2ccc(OC)c(OC)c2)C3)cc1OC. The first-order valence-electron chi connectivity index (χ1n) is 13.7. The fourth-order valence-electron chi connectivity index (χ4n) is 5.46. The third kappa shape index (κ3) is 5.81. The van der Waals surface area contributed by atoms with Gasteiger partial charge < -0.3 is 29.0 Å². The van der Waals surface area contributed by atoms with Crippen molar-refractivity contribution >= 4 is 11.8 Å². The summed E-state index contributed by atoms with van der Waals surface area (Å²) in [7, 11) is 4.78. The summed E-state index contributed by atoms with van der Waals surface area (Å²) in [5.74, 6) is 1.29. The summed E-state index contributed by atoms with van der Waals surface area (Å²) in [5, 5.41) is 3.40. The lowest BCUT2D eigenvalue weighted by Crippen LogP contribution is -2.36. The topological polar surface area (TPSA) is 92.3 Å². The highest BCUT2D eigenvalue weighted by atomic mass is 16.5. The number of dihydropyridines is 1. The molecule has 2 atom stereocenters. The number of rotatable bonds is 10. The lowest BCUT2D eigenvalue weighted by atomic mass is 9.71. The Morgan fingerprint density at radius 3 is 2.20 bits per heavy atom. The molecule has 0 unspecified atom stereocenters. The van der Waals surface area contributed by atoms with E-state index in [0.717, 1.165) is 23.2 Å². The standard InChI is InChI=1S/C32H39NO7/c1-8-13-39-26-12-10-21(17-28(26)38-7)30-29(32(35)40-18(2)3)19(4)33-23-14-22(15-24(34)31(23)30)20-9-11-25(36-5)27(16-20)37-6/h9-12,16-18,22,30,33H,8,13-15H2,1-7H3/t22-,30-/m1/s1. The maximum absolute atomic E-state index is 13.9. The Morgan fingerprint density at radius 2 is 1.55 bits per heavy atom. The normalized spacial score (nSPS) is 18.8. The second kappa shape index (κ2) is 12.5. The first-order valence-corrected chi connectivity index (χ1v) is 13.7. The molecule has 0 bridgehead atoms. The van der Waals surface area contributed by atoms with E-state index in [2.05, 4.69) is 5.32 Å². The monoisotopic (exact) mass is 549 g/mol. The molecule has 1 N–H and O–H groups in total. The first kappa shape index (κ1) is 29.1. The van der Waals surface area contributed by atoms with Crippen LogP contribution in [0.3, 0.4) is 0 Å². The molecule has 0 amide bonds. The smallest absolute Gasteiger partial charge is 0.337 e. The molecule has 1 heterocycles. The summed E-state index contributed by atoms with van der Waals surface area (Å²) in [6.45, 7) is 8.07. The molecule has 0 spiro atoms. The molecule has 0 radical (unpaired) electrons. The molecule has 2 aromatic carbocycles. The number of nitrogens with one attached hydrogen (secondary N) is 1. The van der Waals surface area contributed by atoms with E-state index < -0.39 is 11.9 Å². The number of Topliss-reactive ketones (excluding diaryl/α,β-unsaturated/α-hetero) is 1. The van der Waals surface area contributed by atoms with Crippen molar-refractivity contribution in [2.24, 2.45) is 0 Å². The first-order chi connectivity index (χ1) is 19.2. The van der Waals surface area contributed by atoms with Gasteiger partial charge in [0.05, 0.1) is 39.6 Å². The van der Waals surface area contributed by atoms with Crippen molar-refractivity contribution in [3.05, 3.63) is 70.1 Å². The minimum Gasteiger partial charge on any atom is -0.493 e. The van der Waals surface area contributed by atoms with Crippen LogP contribution in [0.5, 0.6) is 23.0 Å². The van der Waals surface area contributed by atoms with Crippen LogP contribution in [-0.2, 0) is 14.3 Å². The molecule has 4 rings (SSSR count).